The molecule has 0 atom stereocenters. The summed E-state index contributed by atoms with van der Waals surface area (Å²) in [7, 11) is 0. The van der Waals surface area contributed by atoms with Gasteiger partial charge in [-0.2, -0.15) is 0 Å². The van der Waals surface area contributed by atoms with Gasteiger partial charge >= 0.3 is 0 Å². The lowest BCUT2D eigenvalue weighted by molar-refractivity contribution is -0.118. The number of pyridine rings is 2. The van der Waals surface area contributed by atoms with Gasteiger partial charge in [0.25, 0.3) is 5.91 Å². The number of rotatable bonds is 13. The number of benzene rings is 1. The first-order valence-corrected chi connectivity index (χ1v) is 11.2. The van der Waals surface area contributed by atoms with Crippen LogP contribution in [-0.4, -0.2) is 34.9 Å². The summed E-state index contributed by atoms with van der Waals surface area (Å²) in [5.74, 6) is 0.175. The second-order valence-electron chi connectivity index (χ2n) is 7.79. The number of hydrogen-bond donors (Lipinski definition) is 4. The normalized spacial score (nSPS) is 10.5. The van der Waals surface area contributed by atoms with Gasteiger partial charge in [0.2, 0.25) is 5.91 Å². The minimum Gasteiger partial charge on any atom is -0.370 e. The quantitative estimate of drug-likeness (QED) is 0.288. The molecule has 0 aliphatic heterocycles. The number of carbonyl (C=O) groups excluding carboxylic acids is 2. The van der Waals surface area contributed by atoms with Crippen molar-refractivity contribution in [2.75, 3.05) is 23.7 Å². The zero-order chi connectivity index (χ0) is 24.2. The van der Waals surface area contributed by atoms with E-state index in [1.807, 2.05) is 18.2 Å². The van der Waals surface area contributed by atoms with Gasteiger partial charge < -0.3 is 21.7 Å². The molecule has 0 bridgehead atoms. The van der Waals surface area contributed by atoms with Crippen LogP contribution in [0.1, 0.15) is 40.7 Å². The Kier molecular flexibility index (Phi) is 9.33. The summed E-state index contributed by atoms with van der Waals surface area (Å²) < 4.78 is 13.5. The second kappa shape index (κ2) is 12.9. The van der Waals surface area contributed by atoms with Gasteiger partial charge in [-0.25, -0.2) is 9.37 Å². The van der Waals surface area contributed by atoms with Crippen LogP contribution in [0.3, 0.4) is 0 Å². The first-order chi connectivity index (χ1) is 16.5. The summed E-state index contributed by atoms with van der Waals surface area (Å²) >= 11 is 0. The summed E-state index contributed by atoms with van der Waals surface area (Å²) in [6.45, 7) is 1.44. The molecule has 0 fully saturated rings. The number of nitrogens with zero attached hydrogens (tertiary/aromatic N) is 2. The van der Waals surface area contributed by atoms with Crippen molar-refractivity contribution >= 4 is 23.5 Å². The summed E-state index contributed by atoms with van der Waals surface area (Å²) in [4.78, 5) is 32.4. The second-order valence-corrected chi connectivity index (χ2v) is 7.79. The minimum absolute atomic E-state index is 0.266. The van der Waals surface area contributed by atoms with Crippen molar-refractivity contribution < 1.29 is 14.0 Å². The molecule has 3 rings (SSSR count). The van der Waals surface area contributed by atoms with E-state index in [1.54, 1.807) is 30.6 Å². The van der Waals surface area contributed by atoms with Crippen LogP contribution in [0, 0.1) is 5.82 Å². The van der Waals surface area contributed by atoms with Crippen LogP contribution in [-0.2, 0) is 17.8 Å². The van der Waals surface area contributed by atoms with E-state index >= 15 is 0 Å². The van der Waals surface area contributed by atoms with Crippen LogP contribution in [0.15, 0.2) is 60.9 Å². The first kappa shape index (κ1) is 24.6. The van der Waals surface area contributed by atoms with E-state index in [2.05, 4.69) is 25.9 Å². The van der Waals surface area contributed by atoms with Gasteiger partial charge in [-0.15, -0.1) is 0 Å². The highest BCUT2D eigenvalue weighted by Crippen LogP contribution is 2.18. The molecule has 0 saturated carbocycles. The number of carbonyl (C=O) groups is 2. The van der Waals surface area contributed by atoms with E-state index in [1.165, 1.54) is 12.1 Å². The smallest absolute Gasteiger partial charge is 0.255 e. The highest BCUT2D eigenvalue weighted by molar-refractivity contribution is 5.99. The van der Waals surface area contributed by atoms with Crippen molar-refractivity contribution in [2.24, 2.45) is 5.73 Å². The number of nitrogens with one attached hydrogen (secondary N) is 3. The predicted octanol–water partition coefficient (Wildman–Crippen LogP) is 3.27. The fourth-order valence-corrected chi connectivity index (χ4v) is 3.31. The Morgan fingerprint density at radius 1 is 0.971 bits per heavy atom. The summed E-state index contributed by atoms with van der Waals surface area (Å²) in [6.07, 6.45) is 5.74. The molecule has 34 heavy (non-hydrogen) atoms. The molecule has 3 aromatic rings. The van der Waals surface area contributed by atoms with Crippen LogP contribution in [0.4, 0.5) is 16.0 Å². The molecule has 2 heterocycles. The van der Waals surface area contributed by atoms with Crippen molar-refractivity contribution in [2.45, 2.75) is 32.2 Å². The number of amides is 2. The van der Waals surface area contributed by atoms with E-state index in [-0.39, 0.29) is 17.6 Å². The topological polar surface area (TPSA) is 122 Å². The van der Waals surface area contributed by atoms with E-state index in [9.17, 15) is 14.0 Å². The molecule has 5 N–H and O–H groups in total. The Morgan fingerprint density at radius 2 is 1.82 bits per heavy atom. The Morgan fingerprint density at radius 3 is 2.59 bits per heavy atom. The zero-order valence-electron chi connectivity index (χ0n) is 18.9. The molecule has 2 aromatic heterocycles. The third-order valence-electron chi connectivity index (χ3n) is 5.07. The minimum atomic E-state index is -0.315. The van der Waals surface area contributed by atoms with Crippen LogP contribution in [0.2, 0.25) is 0 Å². The van der Waals surface area contributed by atoms with Gasteiger partial charge in [0, 0.05) is 38.4 Å². The Bertz CT molecular complexity index is 1090. The third-order valence-corrected chi connectivity index (χ3v) is 5.07. The number of primary amides is 1. The molecular weight excluding hydrogens is 435 g/mol. The summed E-state index contributed by atoms with van der Waals surface area (Å²) in [5, 5.41) is 9.30. The maximum absolute atomic E-state index is 13.5. The highest BCUT2D eigenvalue weighted by atomic mass is 19.1. The van der Waals surface area contributed by atoms with Gasteiger partial charge in [-0.3, -0.25) is 14.6 Å². The number of hydrogen-bond acceptors (Lipinski definition) is 6. The number of anilines is 2. The molecule has 2 amide bonds. The number of nitrogens with two attached hydrogens (primary N) is 1. The molecule has 1 aromatic carbocycles. The molecule has 0 aliphatic rings. The average Bonchev–Trinajstić information content (AvgIpc) is 2.83. The molecule has 0 unspecified atom stereocenters. The van der Waals surface area contributed by atoms with Crippen molar-refractivity contribution in [3.05, 3.63) is 83.4 Å². The Balaban J connectivity index is 1.65. The molecule has 8 nitrogen and oxygen atoms in total. The third kappa shape index (κ3) is 8.16. The van der Waals surface area contributed by atoms with E-state index < -0.39 is 0 Å². The Labute approximate surface area is 198 Å². The maximum atomic E-state index is 13.5. The van der Waals surface area contributed by atoms with Gasteiger partial charge in [0.1, 0.15) is 17.5 Å². The van der Waals surface area contributed by atoms with Crippen LogP contribution in [0.5, 0.6) is 0 Å². The molecular formula is C25H29FN6O2. The van der Waals surface area contributed by atoms with Gasteiger partial charge in [0.15, 0.2) is 0 Å². The monoisotopic (exact) mass is 464 g/mol. The molecule has 0 radical (unpaired) electrons. The van der Waals surface area contributed by atoms with Crippen LogP contribution >= 0.6 is 0 Å². The van der Waals surface area contributed by atoms with Crippen molar-refractivity contribution in [3.8, 4) is 0 Å². The number of unbranched alkanes of at least 4 members (excludes halogenated alkanes) is 1. The van der Waals surface area contributed by atoms with Crippen molar-refractivity contribution in [3.63, 3.8) is 0 Å². The molecule has 0 aliphatic carbocycles. The van der Waals surface area contributed by atoms with E-state index in [4.69, 9.17) is 5.73 Å². The fourth-order valence-electron chi connectivity index (χ4n) is 3.31. The lowest BCUT2D eigenvalue weighted by Gasteiger charge is -2.14. The molecule has 0 saturated heterocycles. The van der Waals surface area contributed by atoms with Gasteiger partial charge in [-0.1, -0.05) is 18.2 Å². The highest BCUT2D eigenvalue weighted by Gasteiger charge is 2.14. The fraction of sp³-hybridized carbons (Fsp3) is 0.280. The van der Waals surface area contributed by atoms with E-state index in [0.29, 0.717) is 56.1 Å². The standard InChI is InChI=1S/C25H29FN6O2/c26-20-7-3-5-18(15-20)11-14-30-24-21(25(34)31-17-19-6-4-12-28-16-19)9-10-23(32-24)29-13-2-1-8-22(27)33/h3-7,9-10,12,15-16H,1-2,8,11,13-14,17H2,(H2,27,33)(H,31,34)(H2,29,30,32). The molecule has 0 spiro atoms. The van der Waals surface area contributed by atoms with E-state index in [0.717, 1.165) is 17.5 Å². The van der Waals surface area contributed by atoms with Crippen LogP contribution < -0.4 is 21.7 Å². The van der Waals surface area contributed by atoms with Gasteiger partial charge in [-0.05, 0) is 60.7 Å². The largest absolute Gasteiger partial charge is 0.370 e. The summed E-state index contributed by atoms with van der Waals surface area (Å²) in [6, 6.07) is 13.6. The molecule has 178 valence electrons. The lowest BCUT2D eigenvalue weighted by atomic mass is 10.1. The van der Waals surface area contributed by atoms with Crippen LogP contribution in [0.25, 0.3) is 0 Å². The summed E-state index contributed by atoms with van der Waals surface area (Å²) in [5.41, 5.74) is 7.31. The van der Waals surface area contributed by atoms with Crippen molar-refractivity contribution in [1.82, 2.24) is 15.3 Å². The number of aromatic nitrogens is 2. The SMILES string of the molecule is NC(=O)CCCCNc1ccc(C(=O)NCc2cccnc2)c(NCCc2cccc(F)c2)n1. The van der Waals surface area contributed by atoms with Crippen molar-refractivity contribution in [1.29, 1.82) is 0 Å². The maximum Gasteiger partial charge on any atom is 0.255 e. The first-order valence-electron chi connectivity index (χ1n) is 11.2. The zero-order valence-corrected chi connectivity index (χ0v) is 18.9. The Hall–Kier alpha value is -4.01. The average molecular weight is 465 g/mol. The number of halogens is 1. The lowest BCUT2D eigenvalue weighted by Crippen LogP contribution is -2.25. The van der Waals surface area contributed by atoms with Gasteiger partial charge in [0.05, 0.1) is 5.56 Å². The predicted molar refractivity (Wildman–Crippen MR) is 130 cm³/mol. The molecule has 9 heteroatoms.